The van der Waals surface area contributed by atoms with Gasteiger partial charge in [0, 0.05) is 25.3 Å². The highest BCUT2D eigenvalue weighted by Gasteiger charge is 2.18. The van der Waals surface area contributed by atoms with Gasteiger partial charge in [0.15, 0.2) is 0 Å². The van der Waals surface area contributed by atoms with Crippen molar-refractivity contribution >= 4 is 11.7 Å². The van der Waals surface area contributed by atoms with E-state index in [9.17, 15) is 4.79 Å². The summed E-state index contributed by atoms with van der Waals surface area (Å²) >= 11 is 0. The molecule has 1 heterocycles. The van der Waals surface area contributed by atoms with Crippen molar-refractivity contribution in [3.05, 3.63) is 29.3 Å². The fourth-order valence-electron chi connectivity index (χ4n) is 2.11. The highest BCUT2D eigenvalue weighted by molar-refractivity contribution is 5.66. The number of rotatable bonds is 3. The van der Waals surface area contributed by atoms with Gasteiger partial charge in [-0.15, -0.1) is 0 Å². The number of aliphatic carboxylic acids is 1. The standard InChI is InChI=1S/C12H16N2O2/c13-11-3-1-2-9-4-6-14(8-10(9)11)7-5-12(15)16/h1-3H,4-8,13H2,(H,15,16). The van der Waals surface area contributed by atoms with Crippen LogP contribution in [0.3, 0.4) is 0 Å². The van der Waals surface area contributed by atoms with Gasteiger partial charge in [-0.25, -0.2) is 0 Å². The van der Waals surface area contributed by atoms with Crippen molar-refractivity contribution < 1.29 is 9.90 Å². The Kier molecular flexibility index (Phi) is 3.10. The van der Waals surface area contributed by atoms with Gasteiger partial charge in [0.2, 0.25) is 0 Å². The van der Waals surface area contributed by atoms with Crippen LogP contribution in [0.15, 0.2) is 18.2 Å². The molecule has 0 saturated heterocycles. The third kappa shape index (κ3) is 2.33. The molecule has 0 spiro atoms. The fraction of sp³-hybridized carbons (Fsp3) is 0.417. The number of hydrogen-bond donors (Lipinski definition) is 2. The minimum Gasteiger partial charge on any atom is -0.481 e. The lowest BCUT2D eigenvalue weighted by Gasteiger charge is -2.29. The first-order valence-corrected chi connectivity index (χ1v) is 5.47. The van der Waals surface area contributed by atoms with Crippen molar-refractivity contribution in [1.82, 2.24) is 4.90 Å². The van der Waals surface area contributed by atoms with Crippen LogP contribution in [0, 0.1) is 0 Å². The number of nitrogen functional groups attached to an aromatic ring is 1. The minimum atomic E-state index is -0.744. The molecule has 0 aliphatic carbocycles. The largest absolute Gasteiger partial charge is 0.481 e. The minimum absolute atomic E-state index is 0.196. The predicted molar refractivity (Wildman–Crippen MR) is 62.1 cm³/mol. The van der Waals surface area contributed by atoms with Crippen LogP contribution in [0.25, 0.3) is 0 Å². The first kappa shape index (κ1) is 11.0. The van der Waals surface area contributed by atoms with Gasteiger partial charge < -0.3 is 10.8 Å². The Balaban J connectivity index is 2.05. The Labute approximate surface area is 94.7 Å². The molecule has 4 heteroatoms. The van der Waals surface area contributed by atoms with E-state index < -0.39 is 5.97 Å². The zero-order valence-electron chi connectivity index (χ0n) is 9.15. The first-order chi connectivity index (χ1) is 7.66. The van der Waals surface area contributed by atoms with Gasteiger partial charge >= 0.3 is 5.97 Å². The Morgan fingerprint density at radius 3 is 3.06 bits per heavy atom. The molecule has 86 valence electrons. The summed E-state index contributed by atoms with van der Waals surface area (Å²) in [5.74, 6) is -0.744. The van der Waals surface area contributed by atoms with Crippen molar-refractivity contribution in [3.8, 4) is 0 Å². The highest BCUT2D eigenvalue weighted by atomic mass is 16.4. The Morgan fingerprint density at radius 1 is 1.50 bits per heavy atom. The summed E-state index contributed by atoms with van der Waals surface area (Å²) < 4.78 is 0. The van der Waals surface area contributed by atoms with E-state index in [4.69, 9.17) is 10.8 Å². The molecule has 3 N–H and O–H groups in total. The quantitative estimate of drug-likeness (QED) is 0.749. The number of nitrogens with zero attached hydrogens (tertiary/aromatic N) is 1. The molecule has 0 radical (unpaired) electrons. The number of hydrogen-bond acceptors (Lipinski definition) is 3. The molecule has 0 fully saturated rings. The summed E-state index contributed by atoms with van der Waals surface area (Å²) in [7, 11) is 0. The number of benzene rings is 1. The Morgan fingerprint density at radius 2 is 2.31 bits per heavy atom. The molecular weight excluding hydrogens is 204 g/mol. The lowest BCUT2D eigenvalue weighted by molar-refractivity contribution is -0.137. The van der Waals surface area contributed by atoms with Crippen LogP contribution >= 0.6 is 0 Å². The molecule has 0 bridgehead atoms. The van der Waals surface area contributed by atoms with Gasteiger partial charge in [-0.3, -0.25) is 9.69 Å². The van der Waals surface area contributed by atoms with Crippen LogP contribution in [-0.4, -0.2) is 29.1 Å². The van der Waals surface area contributed by atoms with E-state index in [1.165, 1.54) is 11.1 Å². The predicted octanol–water partition coefficient (Wildman–Crippen LogP) is 1.10. The third-order valence-corrected chi connectivity index (χ3v) is 3.03. The van der Waals surface area contributed by atoms with E-state index in [0.29, 0.717) is 6.54 Å². The molecule has 2 rings (SSSR count). The lowest BCUT2D eigenvalue weighted by atomic mass is 9.98. The average molecular weight is 220 g/mol. The van der Waals surface area contributed by atoms with Crippen LogP contribution in [-0.2, 0) is 17.8 Å². The number of carboxylic acid groups (broad SMARTS) is 1. The molecule has 0 saturated carbocycles. The molecule has 1 aromatic carbocycles. The second-order valence-electron chi connectivity index (χ2n) is 4.15. The summed E-state index contributed by atoms with van der Waals surface area (Å²) in [6.07, 6.45) is 1.15. The van der Waals surface area contributed by atoms with Gasteiger partial charge in [0.1, 0.15) is 0 Å². The Hall–Kier alpha value is -1.55. The van der Waals surface area contributed by atoms with Crippen LogP contribution < -0.4 is 5.73 Å². The molecule has 0 amide bonds. The van der Waals surface area contributed by atoms with Gasteiger partial charge in [0.05, 0.1) is 6.42 Å². The van der Waals surface area contributed by atoms with E-state index in [0.717, 1.165) is 25.2 Å². The highest BCUT2D eigenvalue weighted by Crippen LogP contribution is 2.24. The van der Waals surface area contributed by atoms with Crippen molar-refractivity contribution in [1.29, 1.82) is 0 Å². The first-order valence-electron chi connectivity index (χ1n) is 5.47. The van der Waals surface area contributed by atoms with Crippen molar-refractivity contribution in [2.24, 2.45) is 0 Å². The topological polar surface area (TPSA) is 66.6 Å². The molecule has 0 aromatic heterocycles. The third-order valence-electron chi connectivity index (χ3n) is 3.03. The Bertz CT molecular complexity index is 404. The summed E-state index contributed by atoms with van der Waals surface area (Å²) in [5.41, 5.74) is 9.20. The van der Waals surface area contributed by atoms with Gasteiger partial charge in [0.25, 0.3) is 0 Å². The van der Waals surface area contributed by atoms with E-state index >= 15 is 0 Å². The molecule has 4 nitrogen and oxygen atoms in total. The van der Waals surface area contributed by atoms with Crippen LogP contribution in [0.5, 0.6) is 0 Å². The summed E-state index contributed by atoms with van der Waals surface area (Å²) in [6, 6.07) is 5.97. The summed E-state index contributed by atoms with van der Waals surface area (Å²) in [5, 5.41) is 8.64. The van der Waals surface area contributed by atoms with E-state index in [1.54, 1.807) is 0 Å². The van der Waals surface area contributed by atoms with Crippen molar-refractivity contribution in [2.75, 3.05) is 18.8 Å². The molecule has 1 aromatic rings. The summed E-state index contributed by atoms with van der Waals surface area (Å²) in [4.78, 5) is 12.6. The number of carbonyl (C=O) groups is 1. The van der Waals surface area contributed by atoms with Crippen molar-refractivity contribution in [2.45, 2.75) is 19.4 Å². The van der Waals surface area contributed by atoms with Gasteiger partial charge in [-0.2, -0.15) is 0 Å². The van der Waals surface area contributed by atoms with Crippen LogP contribution in [0.1, 0.15) is 17.5 Å². The second-order valence-corrected chi connectivity index (χ2v) is 4.15. The summed E-state index contributed by atoms with van der Waals surface area (Å²) in [6.45, 7) is 2.29. The second kappa shape index (κ2) is 4.53. The molecule has 16 heavy (non-hydrogen) atoms. The molecule has 0 unspecified atom stereocenters. The number of fused-ring (bicyclic) bond motifs is 1. The number of anilines is 1. The maximum atomic E-state index is 10.5. The van der Waals surface area contributed by atoms with E-state index in [2.05, 4.69) is 11.0 Å². The monoisotopic (exact) mass is 220 g/mol. The SMILES string of the molecule is Nc1cccc2c1CN(CCC(=O)O)CC2. The maximum Gasteiger partial charge on any atom is 0.304 e. The van der Waals surface area contributed by atoms with Crippen LogP contribution in [0.2, 0.25) is 0 Å². The van der Waals surface area contributed by atoms with E-state index in [-0.39, 0.29) is 6.42 Å². The van der Waals surface area contributed by atoms with Crippen LogP contribution in [0.4, 0.5) is 5.69 Å². The lowest BCUT2D eigenvalue weighted by Crippen LogP contribution is -2.32. The smallest absolute Gasteiger partial charge is 0.304 e. The zero-order valence-corrected chi connectivity index (χ0v) is 9.15. The molecule has 1 aliphatic rings. The van der Waals surface area contributed by atoms with E-state index in [1.807, 2.05) is 12.1 Å². The number of carboxylic acids is 1. The molecular formula is C12H16N2O2. The normalized spacial score (nSPS) is 15.8. The van der Waals surface area contributed by atoms with Gasteiger partial charge in [-0.1, -0.05) is 12.1 Å². The van der Waals surface area contributed by atoms with Crippen molar-refractivity contribution in [3.63, 3.8) is 0 Å². The average Bonchev–Trinajstić information content (AvgIpc) is 2.27. The van der Waals surface area contributed by atoms with Gasteiger partial charge in [-0.05, 0) is 23.6 Å². The molecule has 1 aliphatic heterocycles. The number of nitrogens with two attached hydrogens (primary N) is 1. The zero-order chi connectivity index (χ0) is 11.5. The maximum absolute atomic E-state index is 10.5. The fourth-order valence-corrected chi connectivity index (χ4v) is 2.11. The molecule has 0 atom stereocenters.